The van der Waals surface area contributed by atoms with Crippen LogP contribution in [0.15, 0.2) is 66.2 Å². The van der Waals surface area contributed by atoms with E-state index in [0.717, 1.165) is 0 Å². The number of methoxy groups -OCH3 is 2. The van der Waals surface area contributed by atoms with E-state index in [-0.39, 0.29) is 147 Å². The van der Waals surface area contributed by atoms with Crippen LogP contribution in [0.2, 0.25) is 5.15 Å². The first-order valence-corrected chi connectivity index (χ1v) is 31.9. The number of hydrogen-bond donors (Lipinski definition) is 8. The summed E-state index contributed by atoms with van der Waals surface area (Å²) in [7, 11) is 6.37. The summed E-state index contributed by atoms with van der Waals surface area (Å²) in [6.45, 7) is -3.22. The van der Waals surface area contributed by atoms with E-state index < -0.39 is 86.4 Å². The number of ether oxygens (including phenoxy) is 2. The van der Waals surface area contributed by atoms with Crippen molar-refractivity contribution in [2.24, 2.45) is 24.8 Å². The van der Waals surface area contributed by atoms with Crippen molar-refractivity contribution in [1.82, 2.24) is 86.3 Å². The second-order valence-electron chi connectivity index (χ2n) is 22.9. The van der Waals surface area contributed by atoms with E-state index in [4.69, 9.17) is 58.2 Å². The van der Waals surface area contributed by atoms with E-state index >= 15 is 0 Å². The minimum Gasteiger partial charge on any atom is -1.00 e. The number of isocyanates is 1. The van der Waals surface area contributed by atoms with Crippen molar-refractivity contribution in [2.75, 3.05) is 94.7 Å². The molecule has 0 radical (unpaired) electrons. The molecule has 6 aromatic rings. The number of hydrogen-bond acceptors (Lipinski definition) is 20. The van der Waals surface area contributed by atoms with Gasteiger partial charge >= 0.3 is 47.7 Å². The number of aryl methyl sites for hydroxylation is 2. The first-order chi connectivity index (χ1) is 50.2. The number of nitrogens with zero attached hydrogens (tertiary/aromatic N) is 14. The molecule has 0 unspecified atom stereocenters. The molecule has 2 aromatic carbocycles. The molecule has 2 aliphatic heterocycles. The maximum Gasteiger partial charge on any atom is 1.00 e. The van der Waals surface area contributed by atoms with Gasteiger partial charge in [-0.1, -0.05) is 23.7 Å². The Kier molecular flexibility index (Phi) is 28.4. The Morgan fingerprint density at radius 1 is 0.709 bits per heavy atom. The molecule has 0 spiro atoms. The number of carbonyl (C=O) groups excluding carboxylic acids is 6. The summed E-state index contributed by atoms with van der Waals surface area (Å²) < 4.78 is 158. The molecule has 4 aromatic heterocycles. The zero-order valence-corrected chi connectivity index (χ0v) is 60.7. The summed E-state index contributed by atoms with van der Waals surface area (Å²) in [5.41, 5.74) is 6.62. The van der Waals surface area contributed by atoms with Crippen LogP contribution in [-0.4, -0.2) is 223 Å². The minimum atomic E-state index is -2.80. The number of carbonyl (C=O) groups is 5. The molecule has 0 bridgehead atoms. The van der Waals surface area contributed by atoms with Crippen LogP contribution in [0.4, 0.5) is 78.1 Å². The number of amides is 8. The van der Waals surface area contributed by atoms with Crippen LogP contribution < -0.4 is 86.9 Å². The number of para-hydroxylation sites is 2. The Morgan fingerprint density at radius 2 is 1.20 bits per heavy atom. The fourth-order valence-corrected chi connectivity index (χ4v) is 10.7. The van der Waals surface area contributed by atoms with Gasteiger partial charge in [-0.2, -0.15) is 10.2 Å². The van der Waals surface area contributed by atoms with Crippen LogP contribution in [0.25, 0.3) is 22.8 Å². The molecule has 103 heavy (non-hydrogen) atoms. The molecule has 9 N–H and O–H groups in total. The van der Waals surface area contributed by atoms with E-state index in [1.165, 1.54) is 58.1 Å². The number of nitrogens with one attached hydrogen (secondary N) is 7. The molecule has 6 heterocycles. The number of anilines is 5. The molecular weight excluding hydrogens is 1470 g/mol. The molecule has 8 amide bonds. The summed E-state index contributed by atoms with van der Waals surface area (Å²) in [6, 6.07) is 10.4. The smallest absolute Gasteiger partial charge is 1.00 e. The van der Waals surface area contributed by atoms with E-state index in [9.17, 15) is 63.9 Å². The van der Waals surface area contributed by atoms with Gasteiger partial charge in [0.05, 0.1) is 54.6 Å². The van der Waals surface area contributed by atoms with Crippen molar-refractivity contribution in [1.29, 1.82) is 0 Å². The zero-order valence-electron chi connectivity index (χ0n) is 62.6. The number of halogens is 12. The average molecular weight is 1560 g/mol. The Hall–Kier alpha value is -8.23. The van der Waals surface area contributed by atoms with E-state index in [2.05, 4.69) is 72.1 Å². The van der Waals surface area contributed by atoms with Gasteiger partial charge in [-0.25, -0.2) is 69.3 Å². The molecular formula is C60H75Cl4F8N22NaO8. The van der Waals surface area contributed by atoms with Crippen LogP contribution in [0.3, 0.4) is 0 Å². The largest absolute Gasteiger partial charge is 1.00 e. The third-order valence-electron chi connectivity index (χ3n) is 15.3. The normalized spacial score (nSPS) is 18.2. The van der Waals surface area contributed by atoms with E-state index in [1.54, 1.807) is 61.5 Å². The minimum absolute atomic E-state index is 0. The van der Waals surface area contributed by atoms with E-state index in [1.807, 2.05) is 10.6 Å². The number of aliphatic imine (C=N–C) groups is 1. The predicted molar refractivity (Wildman–Crippen MR) is 363 cm³/mol. The number of alkyl halides is 10. The molecule has 6 fully saturated rings. The number of aromatic nitrogens is 10. The monoisotopic (exact) mass is 1550 g/mol. The molecule has 2 saturated heterocycles. The van der Waals surface area contributed by atoms with Crippen molar-refractivity contribution in [3.8, 4) is 34.3 Å². The van der Waals surface area contributed by atoms with Gasteiger partial charge in [0.25, 0.3) is 35.5 Å². The van der Waals surface area contributed by atoms with Crippen LogP contribution in [0.5, 0.6) is 11.5 Å². The molecule has 4 saturated carbocycles. The molecule has 0 atom stereocenters. The van der Waals surface area contributed by atoms with Gasteiger partial charge in [0.2, 0.25) is 6.08 Å². The third-order valence-corrected chi connectivity index (χ3v) is 15.8. The molecule has 6 aliphatic rings. The number of urea groups is 3. The van der Waals surface area contributed by atoms with Crippen molar-refractivity contribution in [3.05, 3.63) is 77.7 Å². The maximum absolute atomic E-state index is 13.4. The molecule has 558 valence electrons. The maximum atomic E-state index is 13.4. The topological polar surface area (TPSA) is 366 Å². The third kappa shape index (κ3) is 23.9. The summed E-state index contributed by atoms with van der Waals surface area (Å²) in [4.78, 5) is 85.1. The van der Waals surface area contributed by atoms with E-state index in [0.29, 0.717) is 83.6 Å². The second-order valence-corrected chi connectivity index (χ2v) is 24.1. The fraction of sp³-hybridized carbons (Fsp3) is 0.500. The SMILES string of the molecule is Cl.NC1CC(F)(F)C1.O=C(NCCCl)NC1CC(F)(F)C1.O=C1NCCN1C1CC(F)(F)C1.O=C=NCCCl.[2H]C([2H])([2H])NC(=O)c1nnc(Cl)cc1Nc1cccc(-c2ncn(C)n2)c1OC.[2H]C([2H])([2H])NC(=O)c1nnc(N2CCN(C3CC(F)(F)C3)C2=O)cc1Nc1cccc(-c2ncn(C)n2)c1OC.[H-].[Na+]. The van der Waals surface area contributed by atoms with Gasteiger partial charge in [0, 0.05) is 168 Å². The van der Waals surface area contributed by atoms with Crippen LogP contribution in [0, 0.1) is 0 Å². The number of nitrogens with two attached hydrogens (primary N) is 1. The molecule has 12 rings (SSSR count). The summed E-state index contributed by atoms with van der Waals surface area (Å²) in [5, 5.41) is 41.0. The first kappa shape index (κ1) is 75.9. The average Bonchev–Trinajstić information content (AvgIpc) is 1.89. The fourth-order valence-electron chi connectivity index (χ4n) is 10.4. The second kappa shape index (κ2) is 38.5. The van der Waals surface area contributed by atoms with Crippen molar-refractivity contribution >= 4 is 112 Å². The van der Waals surface area contributed by atoms with Crippen LogP contribution in [-0.2, 0) is 18.9 Å². The van der Waals surface area contributed by atoms with Gasteiger partial charge in [-0.15, -0.1) is 56.0 Å². The zero-order chi connectivity index (χ0) is 79.0. The predicted octanol–water partition coefficient (Wildman–Crippen LogP) is 5.43. The van der Waals surface area contributed by atoms with Crippen LogP contribution >= 0.6 is 47.2 Å². The number of benzene rings is 2. The van der Waals surface area contributed by atoms with Crippen molar-refractivity contribution < 1.29 is 113 Å². The van der Waals surface area contributed by atoms with Gasteiger partial charge < -0.3 is 63.7 Å². The van der Waals surface area contributed by atoms with Crippen molar-refractivity contribution in [3.63, 3.8) is 0 Å². The summed E-state index contributed by atoms with van der Waals surface area (Å²) in [5.74, 6) is -10.00. The van der Waals surface area contributed by atoms with Gasteiger partial charge in [0.15, 0.2) is 45.5 Å². The number of rotatable bonds is 18. The Morgan fingerprint density at radius 3 is 1.60 bits per heavy atom. The standard InChI is InChI=1S/C23H25F2N9O3.C16H16ClN7O2.C7H11ClF2N2O.C7H10F2N2O.C4H7F2N.C3H4ClNO.ClH.Na.H/c1-26-21(35)18-16(28-15-6-4-5-14(19(15)37-3)20-27-12-32(2)31-20)9-17(29-30-18)34-8-7-33(22(34)36)13-10-23(24,25)11-13;1-18-16(25)13-11(7-12(17)21-22-13)20-10-6-4-5-9(14(10)26-3)15-19-8-24(2)23-15;8-1-2-11-6(13)12-5-3-7(9,10)4-5;8-7(9)3-5(4-7)11-2-1-10-6(11)12;5-4(6)1-3(7)2-4;4-1-2-5-3-6;;;/h4-6,9,12-13H,7-8,10-11H2,1-3H3,(H,26,35)(H,28,29);4-8H,1-3H3,(H,18,25)(H,20,21);5H,1-4H2,(H2,11,12,13);5H,1-4H2,(H,10,12);3H,1-2,7H2;1-2H2;1H;;/q;;;;;;;+1;-1/i2*1D3;;;;;;;. The quantitative estimate of drug-likeness (QED) is 0.0175. The summed E-state index contributed by atoms with van der Waals surface area (Å²) in [6.07, 6.45) is 2.54. The summed E-state index contributed by atoms with van der Waals surface area (Å²) >= 11 is 16.3. The first-order valence-electron chi connectivity index (χ1n) is 33.4. The Bertz CT molecular complexity index is 4140. The molecule has 30 nitrogen and oxygen atoms in total. The van der Waals surface area contributed by atoms with Gasteiger partial charge in [-0.05, 0) is 24.3 Å². The Labute approximate surface area is 638 Å². The van der Waals surface area contributed by atoms with Crippen molar-refractivity contribution in [2.45, 2.75) is 99.2 Å². The van der Waals surface area contributed by atoms with Gasteiger partial charge in [0.1, 0.15) is 12.7 Å². The Balaban J connectivity index is 0.000000315. The van der Waals surface area contributed by atoms with Crippen LogP contribution in [0.1, 0.15) is 82.0 Å². The van der Waals surface area contributed by atoms with Gasteiger partial charge in [-0.3, -0.25) is 23.9 Å². The molecule has 43 heteroatoms. The molecule has 4 aliphatic carbocycles.